The molecule has 8 aromatic rings. The first kappa shape index (κ1) is 72.5. The molecule has 3 N–H and O–H groups in total. The van der Waals surface area contributed by atoms with Crippen molar-refractivity contribution in [1.29, 1.82) is 0 Å². The molecule has 0 aromatic heterocycles. The van der Waals surface area contributed by atoms with Gasteiger partial charge in [0.1, 0.15) is 24.7 Å². The number of aromatic hydroxyl groups is 1. The van der Waals surface area contributed by atoms with Gasteiger partial charge in [0, 0.05) is 112 Å². The lowest BCUT2D eigenvalue weighted by atomic mass is 10.1. The molecule has 6 aliphatic rings. The number of aryl methyl sites for hydroxylation is 2. The molecule has 6 heterocycles. The van der Waals surface area contributed by atoms with E-state index in [2.05, 4.69) is 26.8 Å². The summed E-state index contributed by atoms with van der Waals surface area (Å²) in [5, 5.41) is 28.2. The Hall–Kier alpha value is -11.2. The molecule has 0 saturated carbocycles. The maximum absolute atomic E-state index is 14.0. The van der Waals surface area contributed by atoms with Crippen molar-refractivity contribution >= 4 is 93.8 Å². The minimum Gasteiger partial charge on any atom is -0.508 e. The highest BCUT2D eigenvalue weighted by atomic mass is 16.5. The number of benzene rings is 8. The Bertz CT molecular complexity index is 4630. The summed E-state index contributed by atoms with van der Waals surface area (Å²) in [6.45, 7) is 6.65. The lowest BCUT2D eigenvalue weighted by Gasteiger charge is -2.23. The zero-order valence-electron chi connectivity index (χ0n) is 59.2. The summed E-state index contributed by atoms with van der Waals surface area (Å²) in [5.41, 5.74) is 15.9. The summed E-state index contributed by atoms with van der Waals surface area (Å²) in [6, 6.07) is 45.6. The third kappa shape index (κ3) is 16.2. The number of aliphatic imine (C=N–C) groups is 3. The van der Waals surface area contributed by atoms with Gasteiger partial charge in [-0.15, -0.1) is 0 Å². The molecule has 538 valence electrons. The highest BCUT2D eigenvalue weighted by molar-refractivity contribution is 6.17. The molecule has 3 atom stereocenters. The van der Waals surface area contributed by atoms with Crippen LogP contribution >= 0.6 is 0 Å². The standard InChI is InChI=1S/C49H47N5O8.C17H14N2O2.C15H23NO5/c1-30-17-38-40(50-26-36-21-33-9-5-7-11-42(33)53(36)48(38)56)24-44(30)61-28-31-18-32(20-35(19-31)52(2)14-16-60-15-13-47(55)59-4)29-62-46-25-41-39(23-45(46)58-3)49(57)54-37(27-51-41)22-34-10-6-8-12-43(34)54;1-10-6-13-14(8-16(10)20)18-9-12-7-11-4-2-3-5-15(11)19(12)17(13)21;1-16(4-6-21-5-3-15(19)20-2)14-8-12(10-17)7-13(9-14)11-18/h5-12,17-20,23-27,36-37H,13-16,21-22,28-29H2,1-4H3;2-6,8-9,12,20H,7H2,1H3;7-9,17-18H,3-6,10-11H2,1-2H3/t36-,37-;12-;/m00./s1. The third-order valence-corrected chi connectivity index (χ3v) is 19.0. The van der Waals surface area contributed by atoms with Crippen LogP contribution < -0.4 is 38.7 Å². The number of para-hydroxylation sites is 3. The fourth-order valence-electron chi connectivity index (χ4n) is 13.4. The molecule has 0 fully saturated rings. The number of fused-ring (bicyclic) bond motifs is 12. The molecular formula is C81H84N8O15. The summed E-state index contributed by atoms with van der Waals surface area (Å²) in [4.78, 5) is 86.8. The van der Waals surface area contributed by atoms with Crippen molar-refractivity contribution < 1.29 is 72.5 Å². The molecule has 0 saturated heterocycles. The van der Waals surface area contributed by atoms with Crippen LogP contribution in [0, 0.1) is 13.8 Å². The molecule has 0 bridgehead atoms. The summed E-state index contributed by atoms with van der Waals surface area (Å²) >= 11 is 0. The van der Waals surface area contributed by atoms with E-state index in [1.54, 1.807) is 55.5 Å². The largest absolute Gasteiger partial charge is 0.508 e. The number of nitrogens with zero attached hydrogens (tertiary/aromatic N) is 8. The van der Waals surface area contributed by atoms with Gasteiger partial charge in [-0.25, -0.2) is 0 Å². The molecule has 104 heavy (non-hydrogen) atoms. The SMILES string of the molecule is COC(=O)CCOCCN(C)c1cc(CO)cc(CO)c1.COC(=O)CCOCCN(C)c1cc(COc2cc3c(cc2C)C(=O)N2c4ccccc4C[C@H]2C=N3)cc(COc2cc3c(cc2OC)C(=O)N2c4ccccc4C[C@H]2C=N3)c1.Cc1cc2c(cc1O)N=C[C@@H]1Cc3ccccc3N1C2=O. The maximum Gasteiger partial charge on any atom is 0.307 e. The lowest BCUT2D eigenvalue weighted by Crippen LogP contribution is -2.37. The predicted molar refractivity (Wildman–Crippen MR) is 399 cm³/mol. The zero-order valence-corrected chi connectivity index (χ0v) is 59.2. The first-order valence-electron chi connectivity index (χ1n) is 34.5. The topological polar surface area (TPSA) is 264 Å². The van der Waals surface area contributed by atoms with Crippen LogP contribution in [0.5, 0.6) is 23.0 Å². The quantitative estimate of drug-likeness (QED) is 0.0397. The molecule has 8 aromatic carbocycles. The Labute approximate surface area is 603 Å². The number of aliphatic hydroxyl groups is 2. The minimum atomic E-state index is -0.319. The second-order valence-electron chi connectivity index (χ2n) is 26.0. The van der Waals surface area contributed by atoms with Crippen LogP contribution in [-0.2, 0) is 74.2 Å². The van der Waals surface area contributed by atoms with Gasteiger partial charge in [0.2, 0.25) is 0 Å². The van der Waals surface area contributed by atoms with Crippen LogP contribution in [0.3, 0.4) is 0 Å². The average molecular weight is 1410 g/mol. The van der Waals surface area contributed by atoms with E-state index in [0.717, 1.165) is 80.2 Å². The van der Waals surface area contributed by atoms with Crippen molar-refractivity contribution in [3.63, 3.8) is 0 Å². The van der Waals surface area contributed by atoms with Gasteiger partial charge in [-0.05, 0) is 131 Å². The van der Waals surface area contributed by atoms with Crippen molar-refractivity contribution in [2.75, 3.05) is 99.4 Å². The van der Waals surface area contributed by atoms with E-state index >= 15 is 0 Å². The highest BCUT2D eigenvalue weighted by Gasteiger charge is 2.39. The summed E-state index contributed by atoms with van der Waals surface area (Å²) in [6.07, 6.45) is 8.13. The smallest absolute Gasteiger partial charge is 0.307 e. The Balaban J connectivity index is 0.000000195. The number of anilines is 5. The van der Waals surface area contributed by atoms with Gasteiger partial charge >= 0.3 is 11.9 Å². The fraction of sp³-hybridized carbons (Fsp3) is 0.309. The number of esters is 2. The van der Waals surface area contributed by atoms with E-state index in [0.29, 0.717) is 95.9 Å². The number of hydrogen-bond donors (Lipinski definition) is 3. The second kappa shape index (κ2) is 32.8. The van der Waals surface area contributed by atoms with Crippen molar-refractivity contribution in [1.82, 2.24) is 0 Å². The van der Waals surface area contributed by atoms with Crippen LogP contribution in [0.2, 0.25) is 0 Å². The highest BCUT2D eigenvalue weighted by Crippen LogP contribution is 2.44. The van der Waals surface area contributed by atoms with Gasteiger partial charge in [0.15, 0.2) is 11.5 Å². The van der Waals surface area contributed by atoms with E-state index in [1.165, 1.54) is 19.8 Å². The molecule has 0 aliphatic carbocycles. The van der Waals surface area contributed by atoms with Gasteiger partial charge < -0.3 is 58.3 Å². The Morgan fingerprint density at radius 1 is 0.471 bits per heavy atom. The molecule has 14 rings (SSSR count). The van der Waals surface area contributed by atoms with Crippen molar-refractivity contribution in [2.24, 2.45) is 15.0 Å². The molecule has 0 radical (unpaired) electrons. The Kier molecular flexibility index (Phi) is 22.9. The minimum absolute atomic E-state index is 0.0512. The van der Waals surface area contributed by atoms with Gasteiger partial charge in [-0.3, -0.25) is 53.6 Å². The van der Waals surface area contributed by atoms with Gasteiger partial charge in [-0.1, -0.05) is 60.7 Å². The number of rotatable bonds is 23. The van der Waals surface area contributed by atoms with Crippen LogP contribution in [0.25, 0.3) is 0 Å². The van der Waals surface area contributed by atoms with Gasteiger partial charge in [-0.2, -0.15) is 0 Å². The number of ether oxygens (including phenoxy) is 7. The van der Waals surface area contributed by atoms with Gasteiger partial charge in [0.05, 0.1) is 126 Å². The first-order valence-corrected chi connectivity index (χ1v) is 34.5. The number of methoxy groups -OCH3 is 3. The summed E-state index contributed by atoms with van der Waals surface area (Å²) < 4.78 is 39.1. The lowest BCUT2D eigenvalue weighted by molar-refractivity contribution is -0.142. The Morgan fingerprint density at radius 3 is 1.29 bits per heavy atom. The fourth-order valence-corrected chi connectivity index (χ4v) is 13.4. The average Bonchev–Trinajstić information content (AvgIpc) is 1.62. The summed E-state index contributed by atoms with van der Waals surface area (Å²) in [7, 11) is 8.14. The summed E-state index contributed by atoms with van der Waals surface area (Å²) in [5.74, 6) is 0.792. The van der Waals surface area contributed by atoms with Crippen LogP contribution in [0.15, 0.2) is 161 Å². The first-order chi connectivity index (χ1) is 50.4. The number of hydrogen-bond acceptors (Lipinski definition) is 20. The van der Waals surface area contributed by atoms with Crippen LogP contribution in [0.1, 0.15) is 94.0 Å². The predicted octanol–water partition coefficient (Wildman–Crippen LogP) is 11.4. The van der Waals surface area contributed by atoms with Crippen molar-refractivity contribution in [3.8, 4) is 23.0 Å². The number of carbonyl (C=O) groups is 5. The Morgan fingerprint density at radius 2 is 0.856 bits per heavy atom. The molecule has 23 heteroatoms. The normalized spacial score (nSPS) is 15.9. The number of carbonyl (C=O) groups excluding carboxylic acids is 5. The number of phenolic OH excluding ortho intramolecular Hbond substituents is 1. The zero-order chi connectivity index (χ0) is 73.1. The van der Waals surface area contributed by atoms with Gasteiger partial charge in [0.25, 0.3) is 17.7 Å². The number of likely N-dealkylation sites (N-methyl/N-ethyl adjacent to an activating group) is 2. The van der Waals surface area contributed by atoms with E-state index in [1.807, 2.05) is 151 Å². The third-order valence-electron chi connectivity index (χ3n) is 19.0. The number of aliphatic hydroxyl groups excluding tert-OH is 2. The van der Waals surface area contributed by atoms with Crippen LogP contribution in [0.4, 0.5) is 45.5 Å². The van der Waals surface area contributed by atoms with Crippen molar-refractivity contribution in [2.45, 2.75) is 90.5 Å². The van der Waals surface area contributed by atoms with E-state index < -0.39 is 0 Å². The van der Waals surface area contributed by atoms with Crippen LogP contribution in [-0.4, -0.2) is 157 Å². The molecule has 6 aliphatic heterocycles. The van der Waals surface area contributed by atoms with E-state index in [4.69, 9.17) is 38.4 Å². The molecule has 0 unspecified atom stereocenters. The van der Waals surface area contributed by atoms with E-state index in [-0.39, 0.29) is 99.4 Å². The second-order valence-corrected chi connectivity index (χ2v) is 26.0. The van der Waals surface area contributed by atoms with Crippen molar-refractivity contribution in [3.05, 3.63) is 212 Å². The molecule has 0 spiro atoms. The number of amides is 3. The van der Waals surface area contributed by atoms with E-state index in [9.17, 15) is 39.3 Å². The molecular weight excluding hydrogens is 1320 g/mol. The molecule has 23 nitrogen and oxygen atoms in total. The molecule has 3 amide bonds. The maximum atomic E-state index is 14.0. The number of phenols is 1. The monoisotopic (exact) mass is 1410 g/mol.